The highest BCUT2D eigenvalue weighted by Crippen LogP contribution is 2.33. The zero-order valence-electron chi connectivity index (χ0n) is 15.8. The Hall–Kier alpha value is -3.10. The van der Waals surface area contributed by atoms with Crippen LogP contribution in [0.5, 0.6) is 0 Å². The first kappa shape index (κ1) is 20.2. The van der Waals surface area contributed by atoms with Crippen LogP contribution in [-0.2, 0) is 27.9 Å². The lowest BCUT2D eigenvalue weighted by atomic mass is 10.2. The van der Waals surface area contributed by atoms with Crippen molar-refractivity contribution in [1.82, 2.24) is 4.31 Å². The van der Waals surface area contributed by atoms with Gasteiger partial charge in [0.2, 0.25) is 15.9 Å². The molecule has 1 aliphatic heterocycles. The number of hydrogen-bond acceptors (Lipinski definition) is 3. The molecule has 3 aromatic carbocycles. The maximum absolute atomic E-state index is 13.6. The Kier molecular flexibility index (Phi) is 5.36. The van der Waals surface area contributed by atoms with Crippen LogP contribution < -0.4 is 4.90 Å². The van der Waals surface area contributed by atoms with Gasteiger partial charge in [-0.2, -0.15) is 4.31 Å². The minimum absolute atomic E-state index is 0.0244. The Morgan fingerprint density at radius 1 is 0.800 bits per heavy atom. The maximum atomic E-state index is 13.6. The lowest BCUT2D eigenvalue weighted by molar-refractivity contribution is -0.119. The van der Waals surface area contributed by atoms with Gasteiger partial charge in [-0.05, 0) is 47.5 Å². The van der Waals surface area contributed by atoms with Gasteiger partial charge in [0.15, 0.2) is 0 Å². The quantitative estimate of drug-likeness (QED) is 0.637. The van der Waals surface area contributed by atoms with Gasteiger partial charge in [-0.3, -0.25) is 4.79 Å². The topological polar surface area (TPSA) is 57.7 Å². The Bertz CT molecular complexity index is 1210. The number of amides is 1. The summed E-state index contributed by atoms with van der Waals surface area (Å²) >= 11 is 0. The van der Waals surface area contributed by atoms with E-state index in [9.17, 15) is 22.0 Å². The van der Waals surface area contributed by atoms with Crippen molar-refractivity contribution in [2.24, 2.45) is 0 Å². The summed E-state index contributed by atoms with van der Waals surface area (Å²) in [7, 11) is -4.02. The summed E-state index contributed by atoms with van der Waals surface area (Å²) in [6.07, 6.45) is 0. The molecule has 0 spiro atoms. The predicted molar refractivity (Wildman–Crippen MR) is 108 cm³/mol. The third kappa shape index (κ3) is 3.96. The van der Waals surface area contributed by atoms with Crippen molar-refractivity contribution in [3.63, 3.8) is 0 Å². The van der Waals surface area contributed by atoms with Crippen molar-refractivity contribution in [2.45, 2.75) is 18.0 Å². The Labute approximate surface area is 173 Å². The van der Waals surface area contributed by atoms with E-state index in [4.69, 9.17) is 0 Å². The van der Waals surface area contributed by atoms with Gasteiger partial charge in [-0.25, -0.2) is 17.2 Å². The number of sulfonamides is 1. The summed E-state index contributed by atoms with van der Waals surface area (Å²) in [5, 5.41) is 0. The van der Waals surface area contributed by atoms with Crippen LogP contribution in [0.3, 0.4) is 0 Å². The minimum atomic E-state index is -4.02. The first-order valence-corrected chi connectivity index (χ1v) is 10.7. The van der Waals surface area contributed by atoms with Crippen LogP contribution in [0.2, 0.25) is 0 Å². The molecule has 0 N–H and O–H groups in total. The van der Waals surface area contributed by atoms with Crippen LogP contribution >= 0.6 is 0 Å². The number of carbonyl (C=O) groups is 1. The Morgan fingerprint density at radius 3 is 2.03 bits per heavy atom. The van der Waals surface area contributed by atoms with Crippen LogP contribution in [0.25, 0.3) is 0 Å². The summed E-state index contributed by atoms with van der Waals surface area (Å²) < 4.78 is 54.8. The zero-order valence-corrected chi connectivity index (χ0v) is 16.6. The highest BCUT2D eigenvalue weighted by molar-refractivity contribution is 7.89. The van der Waals surface area contributed by atoms with Gasteiger partial charge < -0.3 is 4.90 Å². The summed E-state index contributed by atoms with van der Waals surface area (Å²) in [6, 6.07) is 17.6. The fourth-order valence-corrected chi connectivity index (χ4v) is 5.03. The van der Waals surface area contributed by atoms with Crippen LogP contribution in [0.15, 0.2) is 77.7 Å². The van der Waals surface area contributed by atoms with Crippen LogP contribution in [0.1, 0.15) is 11.1 Å². The van der Waals surface area contributed by atoms with E-state index in [2.05, 4.69) is 0 Å². The van der Waals surface area contributed by atoms with E-state index in [0.29, 0.717) is 11.1 Å². The Morgan fingerprint density at radius 2 is 1.40 bits per heavy atom. The van der Waals surface area contributed by atoms with Crippen molar-refractivity contribution in [3.05, 3.63) is 95.6 Å². The molecule has 0 aliphatic carbocycles. The molecule has 0 fully saturated rings. The molecule has 0 saturated carbocycles. The third-order valence-electron chi connectivity index (χ3n) is 4.86. The lowest BCUT2D eigenvalue weighted by Gasteiger charge is -2.22. The van der Waals surface area contributed by atoms with E-state index in [0.717, 1.165) is 4.31 Å². The van der Waals surface area contributed by atoms with E-state index < -0.39 is 34.1 Å². The molecule has 4 rings (SSSR count). The normalized spacial score (nSPS) is 16.2. The highest BCUT2D eigenvalue weighted by atomic mass is 32.2. The molecule has 0 aromatic heterocycles. The number of nitrogens with zero attached hydrogens (tertiary/aromatic N) is 2. The molecule has 0 atom stereocenters. The van der Waals surface area contributed by atoms with E-state index in [1.165, 1.54) is 47.4 Å². The number of rotatable bonds is 4. The number of carbonyl (C=O) groups excluding carboxylic acids is 1. The van der Waals surface area contributed by atoms with Crippen molar-refractivity contribution in [3.8, 4) is 0 Å². The second-order valence-corrected chi connectivity index (χ2v) is 8.89. The SMILES string of the molecule is O=C1CN(Cc2cccc(F)c2)S(=O)(=O)c2ccccc2N1Cc1cccc(F)c1. The summed E-state index contributed by atoms with van der Waals surface area (Å²) in [6.45, 7) is -0.534. The van der Waals surface area contributed by atoms with Crippen LogP contribution in [0, 0.1) is 11.6 Å². The zero-order chi connectivity index (χ0) is 21.3. The van der Waals surface area contributed by atoms with Gasteiger partial charge in [0.25, 0.3) is 0 Å². The summed E-state index contributed by atoms with van der Waals surface area (Å²) in [5.74, 6) is -1.38. The highest BCUT2D eigenvalue weighted by Gasteiger charge is 2.36. The van der Waals surface area contributed by atoms with Crippen molar-refractivity contribution in [1.29, 1.82) is 0 Å². The number of benzene rings is 3. The fraction of sp³-hybridized carbons (Fsp3) is 0.136. The third-order valence-corrected chi connectivity index (χ3v) is 6.70. The molecule has 3 aromatic rings. The lowest BCUT2D eigenvalue weighted by Crippen LogP contribution is -2.38. The largest absolute Gasteiger partial charge is 0.305 e. The van der Waals surface area contributed by atoms with Gasteiger partial charge in [0.1, 0.15) is 16.5 Å². The van der Waals surface area contributed by atoms with Crippen molar-refractivity contribution in [2.75, 3.05) is 11.4 Å². The van der Waals surface area contributed by atoms with E-state index in [1.54, 1.807) is 30.3 Å². The second-order valence-electron chi connectivity index (χ2n) is 6.98. The number of fused-ring (bicyclic) bond motifs is 1. The smallest absolute Gasteiger partial charge is 0.245 e. The van der Waals surface area contributed by atoms with Crippen LogP contribution in [-0.4, -0.2) is 25.2 Å². The molecule has 0 radical (unpaired) electrons. The average Bonchev–Trinajstić information content (AvgIpc) is 2.78. The molecule has 5 nitrogen and oxygen atoms in total. The first-order chi connectivity index (χ1) is 14.3. The molecule has 154 valence electrons. The number of para-hydroxylation sites is 1. The maximum Gasteiger partial charge on any atom is 0.245 e. The van der Waals surface area contributed by atoms with E-state index in [-0.39, 0.29) is 23.7 Å². The minimum Gasteiger partial charge on any atom is -0.305 e. The van der Waals surface area contributed by atoms with Crippen LogP contribution in [0.4, 0.5) is 14.5 Å². The van der Waals surface area contributed by atoms with Gasteiger partial charge in [-0.15, -0.1) is 0 Å². The molecular formula is C22H18F2N2O3S. The van der Waals surface area contributed by atoms with Gasteiger partial charge in [0, 0.05) is 6.54 Å². The van der Waals surface area contributed by atoms with E-state index in [1.807, 2.05) is 0 Å². The fourth-order valence-electron chi connectivity index (χ4n) is 3.46. The van der Waals surface area contributed by atoms with Crippen molar-refractivity contribution >= 4 is 21.6 Å². The standard InChI is InChI=1S/C22H18F2N2O3S/c23-18-7-3-5-16(11-18)13-25-15-22(27)26(14-17-6-4-8-19(24)12-17)20-9-1-2-10-21(20)30(25,28)29/h1-12H,13-15H2. The molecule has 30 heavy (non-hydrogen) atoms. The molecule has 8 heteroatoms. The van der Waals surface area contributed by atoms with Gasteiger partial charge in [-0.1, -0.05) is 36.4 Å². The predicted octanol–water partition coefficient (Wildman–Crippen LogP) is 3.70. The Balaban J connectivity index is 1.75. The molecule has 1 amide bonds. The molecule has 0 unspecified atom stereocenters. The molecular weight excluding hydrogens is 410 g/mol. The summed E-state index contributed by atoms with van der Waals surface area (Å²) in [4.78, 5) is 14.4. The van der Waals surface area contributed by atoms with Gasteiger partial charge >= 0.3 is 0 Å². The number of halogens is 2. The molecule has 0 saturated heterocycles. The number of anilines is 1. The van der Waals surface area contributed by atoms with E-state index >= 15 is 0 Å². The van der Waals surface area contributed by atoms with Gasteiger partial charge in [0.05, 0.1) is 18.8 Å². The molecule has 1 heterocycles. The second kappa shape index (κ2) is 7.97. The van der Waals surface area contributed by atoms with Crippen molar-refractivity contribution < 1.29 is 22.0 Å². The molecule has 1 aliphatic rings. The monoisotopic (exact) mass is 428 g/mol. The summed E-state index contributed by atoms with van der Waals surface area (Å²) in [5.41, 5.74) is 1.20. The molecule has 0 bridgehead atoms. The average molecular weight is 428 g/mol. The first-order valence-electron chi connectivity index (χ1n) is 9.23. The number of hydrogen-bond donors (Lipinski definition) is 0.